The van der Waals surface area contributed by atoms with Crippen LogP contribution < -0.4 is 10.6 Å². The average Bonchev–Trinajstić information content (AvgIpc) is 2.52. The fourth-order valence-electron chi connectivity index (χ4n) is 2.25. The Morgan fingerprint density at radius 2 is 1.64 bits per heavy atom. The predicted molar refractivity (Wildman–Crippen MR) is 86.1 cm³/mol. The molecule has 0 radical (unpaired) electrons. The van der Waals surface area contributed by atoms with Gasteiger partial charge in [0.2, 0.25) is 0 Å². The molecule has 3 nitrogen and oxygen atoms in total. The number of urea groups is 1. The SMILES string of the molecule is CC(C)(CNC(=O)NCc1ccccc1)c1ccccc1F. The van der Waals surface area contributed by atoms with Crippen LogP contribution in [-0.4, -0.2) is 12.6 Å². The summed E-state index contributed by atoms with van der Waals surface area (Å²) in [6, 6.07) is 16.1. The van der Waals surface area contributed by atoms with Crippen molar-refractivity contribution in [1.29, 1.82) is 0 Å². The van der Waals surface area contributed by atoms with E-state index >= 15 is 0 Å². The van der Waals surface area contributed by atoms with Crippen LogP contribution in [0.25, 0.3) is 0 Å². The minimum atomic E-state index is -0.477. The molecule has 2 aromatic rings. The minimum Gasteiger partial charge on any atom is -0.337 e. The van der Waals surface area contributed by atoms with Gasteiger partial charge >= 0.3 is 6.03 Å². The highest BCUT2D eigenvalue weighted by molar-refractivity contribution is 5.74. The van der Waals surface area contributed by atoms with Gasteiger partial charge in [-0.1, -0.05) is 62.4 Å². The molecule has 0 spiro atoms. The Balaban J connectivity index is 1.86. The number of amides is 2. The number of nitrogens with one attached hydrogen (secondary N) is 2. The Kier molecular flexibility index (Phi) is 5.15. The van der Waals surface area contributed by atoms with Gasteiger partial charge in [0.1, 0.15) is 5.82 Å². The summed E-state index contributed by atoms with van der Waals surface area (Å²) in [5.41, 5.74) is 1.15. The molecule has 2 rings (SSSR count). The van der Waals surface area contributed by atoms with E-state index in [1.165, 1.54) is 6.07 Å². The Morgan fingerprint density at radius 1 is 1.00 bits per heavy atom. The van der Waals surface area contributed by atoms with Gasteiger partial charge in [0.25, 0.3) is 0 Å². The van der Waals surface area contributed by atoms with Crippen LogP contribution in [0.3, 0.4) is 0 Å². The molecule has 0 saturated heterocycles. The summed E-state index contributed by atoms with van der Waals surface area (Å²) in [5, 5.41) is 5.60. The van der Waals surface area contributed by atoms with Crippen LogP contribution in [-0.2, 0) is 12.0 Å². The predicted octanol–water partition coefficient (Wildman–Crippen LogP) is 3.60. The van der Waals surface area contributed by atoms with E-state index in [0.717, 1.165) is 5.56 Å². The number of carbonyl (C=O) groups excluding carboxylic acids is 1. The zero-order valence-electron chi connectivity index (χ0n) is 12.9. The number of benzene rings is 2. The van der Waals surface area contributed by atoms with Gasteiger partial charge in [-0.3, -0.25) is 0 Å². The third-order valence-corrected chi connectivity index (χ3v) is 3.59. The molecule has 0 aliphatic rings. The molecule has 4 heteroatoms. The number of hydrogen-bond acceptors (Lipinski definition) is 1. The fraction of sp³-hybridized carbons (Fsp3) is 0.278. The lowest BCUT2D eigenvalue weighted by Crippen LogP contribution is -2.42. The molecule has 0 aliphatic heterocycles. The summed E-state index contributed by atoms with van der Waals surface area (Å²) in [7, 11) is 0. The summed E-state index contributed by atoms with van der Waals surface area (Å²) in [6.07, 6.45) is 0. The van der Waals surface area contributed by atoms with E-state index in [4.69, 9.17) is 0 Å². The minimum absolute atomic E-state index is 0.251. The number of rotatable bonds is 5. The van der Waals surface area contributed by atoms with Crippen LogP contribution in [0.2, 0.25) is 0 Å². The molecule has 0 bridgehead atoms. The molecule has 0 unspecified atom stereocenters. The smallest absolute Gasteiger partial charge is 0.315 e. The first kappa shape index (κ1) is 16.0. The van der Waals surface area contributed by atoms with Crippen molar-refractivity contribution in [2.45, 2.75) is 25.8 Å². The molecule has 0 atom stereocenters. The number of hydrogen-bond donors (Lipinski definition) is 2. The van der Waals surface area contributed by atoms with Crippen LogP contribution in [0, 0.1) is 5.82 Å². The molecule has 2 aromatic carbocycles. The molecule has 2 N–H and O–H groups in total. The van der Waals surface area contributed by atoms with E-state index in [-0.39, 0.29) is 11.8 Å². The van der Waals surface area contributed by atoms with E-state index in [1.807, 2.05) is 44.2 Å². The van der Waals surface area contributed by atoms with Gasteiger partial charge in [-0.2, -0.15) is 0 Å². The molecular formula is C18H21FN2O. The molecule has 0 fully saturated rings. The molecule has 0 aliphatic carbocycles. The zero-order chi connectivity index (χ0) is 16.0. The molecule has 2 amide bonds. The zero-order valence-corrected chi connectivity index (χ0v) is 12.9. The molecule has 0 saturated carbocycles. The first-order chi connectivity index (χ1) is 10.5. The van der Waals surface area contributed by atoms with E-state index in [1.54, 1.807) is 18.2 Å². The second kappa shape index (κ2) is 7.07. The van der Waals surface area contributed by atoms with E-state index in [0.29, 0.717) is 18.7 Å². The van der Waals surface area contributed by atoms with Gasteiger partial charge in [0.05, 0.1) is 0 Å². The van der Waals surface area contributed by atoms with Crippen molar-refractivity contribution in [3.63, 3.8) is 0 Å². The molecule has 116 valence electrons. The third kappa shape index (κ3) is 4.32. The normalized spacial score (nSPS) is 11.0. The largest absolute Gasteiger partial charge is 0.337 e. The lowest BCUT2D eigenvalue weighted by atomic mass is 9.84. The van der Waals surface area contributed by atoms with E-state index in [2.05, 4.69) is 10.6 Å². The van der Waals surface area contributed by atoms with Crippen molar-refractivity contribution >= 4 is 6.03 Å². The Labute approximate surface area is 130 Å². The van der Waals surface area contributed by atoms with Crippen molar-refractivity contribution in [2.24, 2.45) is 0 Å². The van der Waals surface area contributed by atoms with Crippen molar-refractivity contribution in [1.82, 2.24) is 10.6 Å². The maximum absolute atomic E-state index is 13.9. The molecule has 0 heterocycles. The average molecular weight is 300 g/mol. The van der Waals surface area contributed by atoms with Crippen LogP contribution >= 0.6 is 0 Å². The second-order valence-electron chi connectivity index (χ2n) is 5.89. The summed E-state index contributed by atoms with van der Waals surface area (Å²) < 4.78 is 13.9. The Bertz CT molecular complexity index is 626. The topological polar surface area (TPSA) is 41.1 Å². The molecular weight excluding hydrogens is 279 g/mol. The Morgan fingerprint density at radius 3 is 2.32 bits per heavy atom. The van der Waals surface area contributed by atoms with Gasteiger partial charge in [-0.05, 0) is 17.2 Å². The maximum Gasteiger partial charge on any atom is 0.315 e. The lowest BCUT2D eigenvalue weighted by molar-refractivity contribution is 0.238. The van der Waals surface area contributed by atoms with Gasteiger partial charge in [-0.25, -0.2) is 9.18 Å². The van der Waals surface area contributed by atoms with Crippen molar-refractivity contribution in [3.8, 4) is 0 Å². The lowest BCUT2D eigenvalue weighted by Gasteiger charge is -2.26. The monoisotopic (exact) mass is 300 g/mol. The summed E-state index contributed by atoms with van der Waals surface area (Å²) >= 11 is 0. The van der Waals surface area contributed by atoms with E-state index < -0.39 is 5.41 Å². The summed E-state index contributed by atoms with van der Waals surface area (Å²) in [4.78, 5) is 11.9. The van der Waals surface area contributed by atoms with Crippen molar-refractivity contribution in [3.05, 3.63) is 71.5 Å². The van der Waals surface area contributed by atoms with Crippen molar-refractivity contribution < 1.29 is 9.18 Å². The van der Waals surface area contributed by atoms with Crippen molar-refractivity contribution in [2.75, 3.05) is 6.54 Å². The highest BCUT2D eigenvalue weighted by atomic mass is 19.1. The highest BCUT2D eigenvalue weighted by Gasteiger charge is 2.24. The molecule has 0 aromatic heterocycles. The fourth-order valence-corrected chi connectivity index (χ4v) is 2.25. The van der Waals surface area contributed by atoms with Crippen LogP contribution in [0.15, 0.2) is 54.6 Å². The number of carbonyl (C=O) groups is 1. The quantitative estimate of drug-likeness (QED) is 0.870. The van der Waals surface area contributed by atoms with E-state index in [9.17, 15) is 9.18 Å². The van der Waals surface area contributed by atoms with Gasteiger partial charge in [0.15, 0.2) is 0 Å². The highest BCUT2D eigenvalue weighted by Crippen LogP contribution is 2.24. The first-order valence-electron chi connectivity index (χ1n) is 7.30. The summed E-state index contributed by atoms with van der Waals surface area (Å²) in [6.45, 7) is 4.63. The van der Waals surface area contributed by atoms with Gasteiger partial charge in [0, 0.05) is 18.5 Å². The summed E-state index contributed by atoms with van der Waals surface area (Å²) in [5.74, 6) is -0.251. The Hall–Kier alpha value is -2.36. The first-order valence-corrected chi connectivity index (χ1v) is 7.30. The van der Waals surface area contributed by atoms with Gasteiger partial charge < -0.3 is 10.6 Å². The standard InChI is InChI=1S/C18H21FN2O/c1-18(2,15-10-6-7-11-16(15)19)13-21-17(22)20-12-14-8-4-3-5-9-14/h3-11H,12-13H2,1-2H3,(H2,20,21,22). The maximum atomic E-state index is 13.9. The second-order valence-corrected chi connectivity index (χ2v) is 5.89. The number of halogens is 1. The van der Waals surface area contributed by atoms with Crippen LogP contribution in [0.5, 0.6) is 0 Å². The van der Waals surface area contributed by atoms with Gasteiger partial charge in [-0.15, -0.1) is 0 Å². The van der Waals surface area contributed by atoms with Crippen LogP contribution in [0.1, 0.15) is 25.0 Å². The van der Waals surface area contributed by atoms with Crippen LogP contribution in [0.4, 0.5) is 9.18 Å². The molecule has 22 heavy (non-hydrogen) atoms. The third-order valence-electron chi connectivity index (χ3n) is 3.59.